The molecular formula is C24H20N2O6. The molecule has 8 heteroatoms. The standard InChI is InChI=1S/C24H20N2O6/c27-22(15-17-5-4-8-20(13-17)26(31)32)25-21(24(29)30)14-16-9-11-19(12-10-16)23(28)18-6-2-1-3-7-18/h1-13,21H,14-15H2,(H,25,27)(H,29,30)/t21-/m1/s1. The molecular weight excluding hydrogens is 412 g/mol. The van der Waals surface area contributed by atoms with E-state index in [1.165, 1.54) is 18.2 Å². The van der Waals surface area contributed by atoms with Crippen molar-refractivity contribution in [1.29, 1.82) is 0 Å². The van der Waals surface area contributed by atoms with Crippen molar-refractivity contribution in [3.8, 4) is 0 Å². The van der Waals surface area contributed by atoms with Crippen LogP contribution in [0.4, 0.5) is 5.69 Å². The Labute approximate surface area is 183 Å². The topological polar surface area (TPSA) is 127 Å². The quantitative estimate of drug-likeness (QED) is 0.304. The minimum atomic E-state index is -1.21. The summed E-state index contributed by atoms with van der Waals surface area (Å²) in [5, 5.41) is 22.8. The Balaban J connectivity index is 1.64. The molecule has 8 nitrogen and oxygen atoms in total. The van der Waals surface area contributed by atoms with Crippen molar-refractivity contribution in [2.75, 3.05) is 0 Å². The number of amides is 1. The summed E-state index contributed by atoms with van der Waals surface area (Å²) in [6.45, 7) is 0. The maximum atomic E-state index is 12.5. The van der Waals surface area contributed by atoms with Crippen LogP contribution in [0.15, 0.2) is 78.9 Å². The summed E-state index contributed by atoms with van der Waals surface area (Å²) >= 11 is 0. The lowest BCUT2D eigenvalue weighted by Gasteiger charge is -2.15. The Morgan fingerprint density at radius 3 is 2.16 bits per heavy atom. The average Bonchev–Trinajstić information content (AvgIpc) is 2.79. The molecule has 0 saturated carbocycles. The number of nitrogens with one attached hydrogen (secondary N) is 1. The van der Waals surface area contributed by atoms with Gasteiger partial charge < -0.3 is 10.4 Å². The fourth-order valence-corrected chi connectivity index (χ4v) is 3.19. The van der Waals surface area contributed by atoms with Crippen molar-refractivity contribution in [1.82, 2.24) is 5.32 Å². The van der Waals surface area contributed by atoms with Gasteiger partial charge >= 0.3 is 5.97 Å². The first kappa shape index (κ1) is 22.4. The summed E-state index contributed by atoms with van der Waals surface area (Å²) in [4.78, 5) is 46.7. The summed E-state index contributed by atoms with van der Waals surface area (Å²) in [5.74, 6) is -1.91. The minimum absolute atomic E-state index is 0.0236. The third-order valence-electron chi connectivity index (χ3n) is 4.81. The van der Waals surface area contributed by atoms with Gasteiger partial charge in [-0.25, -0.2) is 4.79 Å². The lowest BCUT2D eigenvalue weighted by molar-refractivity contribution is -0.384. The Hall–Kier alpha value is -4.33. The summed E-state index contributed by atoms with van der Waals surface area (Å²) in [6.07, 6.45) is -0.161. The minimum Gasteiger partial charge on any atom is -0.480 e. The second kappa shape index (κ2) is 10.1. The van der Waals surface area contributed by atoms with Crippen molar-refractivity contribution in [2.24, 2.45) is 0 Å². The first-order valence-corrected chi connectivity index (χ1v) is 9.77. The molecule has 0 aromatic heterocycles. The van der Waals surface area contributed by atoms with Gasteiger partial charge in [-0.1, -0.05) is 66.7 Å². The summed E-state index contributed by atoms with van der Waals surface area (Å²) in [6, 6.07) is 19.8. The van der Waals surface area contributed by atoms with Crippen LogP contribution in [0, 0.1) is 10.1 Å². The zero-order chi connectivity index (χ0) is 23.1. The number of nitrogens with zero attached hydrogens (tertiary/aromatic N) is 1. The number of carbonyl (C=O) groups is 3. The lowest BCUT2D eigenvalue weighted by atomic mass is 9.99. The van der Waals surface area contributed by atoms with Crippen LogP contribution in [0.25, 0.3) is 0 Å². The average molecular weight is 432 g/mol. The molecule has 1 amide bonds. The van der Waals surface area contributed by atoms with Gasteiger partial charge in [0.25, 0.3) is 5.69 Å². The van der Waals surface area contributed by atoms with E-state index in [1.807, 2.05) is 6.07 Å². The highest BCUT2D eigenvalue weighted by atomic mass is 16.6. The molecule has 0 radical (unpaired) electrons. The van der Waals surface area contributed by atoms with Crippen molar-refractivity contribution in [3.63, 3.8) is 0 Å². The molecule has 0 aliphatic heterocycles. The number of hydrogen-bond acceptors (Lipinski definition) is 5. The Morgan fingerprint density at radius 1 is 0.875 bits per heavy atom. The highest BCUT2D eigenvalue weighted by Crippen LogP contribution is 2.15. The van der Waals surface area contributed by atoms with E-state index in [0.29, 0.717) is 22.3 Å². The predicted octanol–water partition coefficient (Wildman–Crippen LogP) is 3.18. The Morgan fingerprint density at radius 2 is 1.53 bits per heavy atom. The third kappa shape index (κ3) is 5.85. The van der Waals surface area contributed by atoms with E-state index >= 15 is 0 Å². The molecule has 32 heavy (non-hydrogen) atoms. The van der Waals surface area contributed by atoms with E-state index in [9.17, 15) is 29.6 Å². The van der Waals surface area contributed by atoms with E-state index < -0.39 is 22.8 Å². The highest BCUT2D eigenvalue weighted by molar-refractivity contribution is 6.08. The van der Waals surface area contributed by atoms with Crippen LogP contribution in [0.1, 0.15) is 27.0 Å². The number of non-ortho nitro benzene ring substituents is 1. The largest absolute Gasteiger partial charge is 0.480 e. The molecule has 3 aromatic rings. The summed E-state index contributed by atoms with van der Waals surface area (Å²) < 4.78 is 0. The van der Waals surface area contributed by atoms with Gasteiger partial charge in [0.1, 0.15) is 6.04 Å². The van der Waals surface area contributed by atoms with Crippen molar-refractivity contribution in [3.05, 3.63) is 111 Å². The molecule has 0 fully saturated rings. The molecule has 1 atom stereocenters. The number of carbonyl (C=O) groups excluding carboxylic acids is 2. The number of hydrogen-bond donors (Lipinski definition) is 2. The highest BCUT2D eigenvalue weighted by Gasteiger charge is 2.21. The van der Waals surface area contributed by atoms with Crippen LogP contribution in [-0.4, -0.2) is 33.7 Å². The fourth-order valence-electron chi connectivity index (χ4n) is 3.19. The molecule has 0 aliphatic carbocycles. The number of carboxylic acids is 1. The van der Waals surface area contributed by atoms with Gasteiger partial charge in [0.2, 0.25) is 5.91 Å². The first-order chi connectivity index (χ1) is 15.3. The van der Waals surface area contributed by atoms with Gasteiger partial charge in [0, 0.05) is 29.7 Å². The molecule has 0 unspecified atom stereocenters. The van der Waals surface area contributed by atoms with Crippen molar-refractivity contribution >= 4 is 23.3 Å². The van der Waals surface area contributed by atoms with Crippen LogP contribution >= 0.6 is 0 Å². The third-order valence-corrected chi connectivity index (χ3v) is 4.81. The van der Waals surface area contributed by atoms with Gasteiger partial charge in [-0.15, -0.1) is 0 Å². The van der Waals surface area contributed by atoms with Gasteiger partial charge in [-0.2, -0.15) is 0 Å². The van der Waals surface area contributed by atoms with E-state index in [-0.39, 0.29) is 24.3 Å². The van der Waals surface area contributed by atoms with Crippen LogP contribution in [0.5, 0.6) is 0 Å². The zero-order valence-electron chi connectivity index (χ0n) is 16.9. The van der Waals surface area contributed by atoms with Gasteiger partial charge in [-0.3, -0.25) is 19.7 Å². The van der Waals surface area contributed by atoms with Crippen LogP contribution in [0.2, 0.25) is 0 Å². The number of ketones is 1. The molecule has 0 saturated heterocycles. The number of nitro groups is 1. The monoisotopic (exact) mass is 432 g/mol. The van der Waals surface area contributed by atoms with Crippen LogP contribution < -0.4 is 5.32 Å². The number of benzene rings is 3. The molecule has 3 aromatic carbocycles. The predicted molar refractivity (Wildman–Crippen MR) is 116 cm³/mol. The number of carboxylic acid groups (broad SMARTS) is 1. The molecule has 0 spiro atoms. The van der Waals surface area contributed by atoms with Crippen LogP contribution in [0.3, 0.4) is 0 Å². The molecule has 3 rings (SSSR count). The van der Waals surface area contributed by atoms with E-state index in [0.717, 1.165) is 0 Å². The van der Waals surface area contributed by atoms with Gasteiger partial charge in [-0.05, 0) is 11.1 Å². The maximum Gasteiger partial charge on any atom is 0.326 e. The van der Waals surface area contributed by atoms with Crippen molar-refractivity contribution in [2.45, 2.75) is 18.9 Å². The zero-order valence-corrected chi connectivity index (χ0v) is 16.9. The second-order valence-corrected chi connectivity index (χ2v) is 7.16. The molecule has 2 N–H and O–H groups in total. The molecule has 0 bridgehead atoms. The maximum absolute atomic E-state index is 12.5. The fraction of sp³-hybridized carbons (Fsp3) is 0.125. The summed E-state index contributed by atoms with van der Waals surface area (Å²) in [7, 11) is 0. The summed E-state index contributed by atoms with van der Waals surface area (Å²) in [5.41, 5.74) is 1.93. The number of nitro benzene ring substituents is 1. The number of rotatable bonds is 9. The molecule has 0 heterocycles. The SMILES string of the molecule is O=C(Cc1cccc([N+](=O)[O-])c1)N[C@H](Cc1ccc(C(=O)c2ccccc2)cc1)C(=O)O. The Kier molecular flexibility index (Phi) is 7.07. The smallest absolute Gasteiger partial charge is 0.326 e. The molecule has 162 valence electrons. The number of aliphatic carboxylic acids is 1. The lowest BCUT2D eigenvalue weighted by Crippen LogP contribution is -2.43. The van der Waals surface area contributed by atoms with Crippen LogP contribution in [-0.2, 0) is 22.4 Å². The Bertz CT molecular complexity index is 1140. The van der Waals surface area contributed by atoms with E-state index in [4.69, 9.17) is 0 Å². The van der Waals surface area contributed by atoms with Gasteiger partial charge in [0.15, 0.2) is 5.78 Å². The van der Waals surface area contributed by atoms with E-state index in [2.05, 4.69) is 5.32 Å². The van der Waals surface area contributed by atoms with Gasteiger partial charge in [0.05, 0.1) is 11.3 Å². The normalized spacial score (nSPS) is 11.4. The second-order valence-electron chi connectivity index (χ2n) is 7.16. The van der Waals surface area contributed by atoms with Crippen molar-refractivity contribution < 1.29 is 24.4 Å². The molecule has 0 aliphatic rings. The first-order valence-electron chi connectivity index (χ1n) is 9.77. The van der Waals surface area contributed by atoms with E-state index in [1.54, 1.807) is 54.6 Å².